The predicted molar refractivity (Wildman–Crippen MR) is 64.5 cm³/mol. The number of hydrogen-bond donors (Lipinski definition) is 2. The molecule has 1 atom stereocenters. The van der Waals surface area contributed by atoms with Gasteiger partial charge in [0.1, 0.15) is 11.5 Å². The van der Waals surface area contributed by atoms with Crippen LogP contribution in [0.4, 0.5) is 0 Å². The Morgan fingerprint density at radius 3 is 2.89 bits per heavy atom. The Balaban J connectivity index is 1.83. The maximum absolute atomic E-state index is 10.7. The second-order valence-corrected chi connectivity index (χ2v) is 4.01. The maximum Gasteiger partial charge on any atom is 0.371 e. The van der Waals surface area contributed by atoms with Crippen LogP contribution in [0.1, 0.15) is 35.0 Å². The fourth-order valence-electron chi connectivity index (χ4n) is 1.67. The zero-order valence-electron chi connectivity index (χ0n) is 10.1. The normalized spacial score (nSPS) is 12.5. The van der Waals surface area contributed by atoms with Gasteiger partial charge in [0.05, 0.1) is 12.3 Å². The Bertz CT molecular complexity index is 501. The first-order chi connectivity index (χ1) is 8.66. The monoisotopic (exact) mass is 249 g/mol. The molecule has 0 amide bonds. The van der Waals surface area contributed by atoms with E-state index in [0.717, 1.165) is 18.7 Å². The average molecular weight is 249 g/mol. The van der Waals surface area contributed by atoms with E-state index in [1.807, 2.05) is 19.1 Å². The van der Waals surface area contributed by atoms with Crippen molar-refractivity contribution in [2.45, 2.75) is 19.4 Å². The first-order valence-electron chi connectivity index (χ1n) is 5.75. The fourth-order valence-corrected chi connectivity index (χ4v) is 1.67. The molecule has 0 bridgehead atoms. The van der Waals surface area contributed by atoms with E-state index in [1.54, 1.807) is 12.3 Å². The molecule has 0 saturated heterocycles. The summed E-state index contributed by atoms with van der Waals surface area (Å²) in [4.78, 5) is 10.7. The van der Waals surface area contributed by atoms with E-state index in [0.29, 0.717) is 5.76 Å². The summed E-state index contributed by atoms with van der Waals surface area (Å²) in [7, 11) is 0. The van der Waals surface area contributed by atoms with Crippen molar-refractivity contribution in [3.8, 4) is 0 Å². The number of rotatable bonds is 6. The van der Waals surface area contributed by atoms with E-state index >= 15 is 0 Å². The molecule has 0 aliphatic carbocycles. The smallest absolute Gasteiger partial charge is 0.371 e. The summed E-state index contributed by atoms with van der Waals surface area (Å²) >= 11 is 0. The van der Waals surface area contributed by atoms with E-state index in [2.05, 4.69) is 5.32 Å². The minimum Gasteiger partial charge on any atom is -0.475 e. The Hall–Kier alpha value is -2.01. The molecule has 0 aliphatic rings. The second-order valence-electron chi connectivity index (χ2n) is 4.01. The Kier molecular flexibility index (Phi) is 3.84. The van der Waals surface area contributed by atoms with E-state index in [-0.39, 0.29) is 11.8 Å². The maximum atomic E-state index is 10.7. The Morgan fingerprint density at radius 1 is 1.44 bits per heavy atom. The van der Waals surface area contributed by atoms with Crippen LogP contribution in [-0.4, -0.2) is 17.6 Å². The molecule has 2 heterocycles. The number of nitrogens with one attached hydrogen (secondary N) is 1. The summed E-state index contributed by atoms with van der Waals surface area (Å²) in [6.07, 6.45) is 2.42. The number of carbonyl (C=O) groups is 1. The summed E-state index contributed by atoms with van der Waals surface area (Å²) in [5, 5.41) is 12.0. The molecule has 1 unspecified atom stereocenters. The van der Waals surface area contributed by atoms with Crippen LogP contribution in [0.5, 0.6) is 0 Å². The summed E-state index contributed by atoms with van der Waals surface area (Å²) in [5.41, 5.74) is 0. The van der Waals surface area contributed by atoms with Crippen LogP contribution in [0, 0.1) is 0 Å². The average Bonchev–Trinajstić information content (AvgIpc) is 2.99. The van der Waals surface area contributed by atoms with Gasteiger partial charge in [-0.25, -0.2) is 4.79 Å². The molecule has 18 heavy (non-hydrogen) atoms. The lowest BCUT2D eigenvalue weighted by Gasteiger charge is -2.10. The molecule has 0 aliphatic heterocycles. The fraction of sp³-hybridized carbons (Fsp3) is 0.308. The van der Waals surface area contributed by atoms with Gasteiger partial charge in [0.25, 0.3) is 0 Å². The van der Waals surface area contributed by atoms with Gasteiger partial charge in [0.2, 0.25) is 5.76 Å². The summed E-state index contributed by atoms with van der Waals surface area (Å²) in [6, 6.07) is 6.87. The van der Waals surface area contributed by atoms with Crippen LogP contribution >= 0.6 is 0 Å². The largest absolute Gasteiger partial charge is 0.475 e. The highest BCUT2D eigenvalue weighted by molar-refractivity contribution is 5.84. The second kappa shape index (κ2) is 5.55. The number of hydrogen-bond acceptors (Lipinski definition) is 4. The molecule has 0 spiro atoms. The standard InChI is InChI=1S/C13H15NO4/c1-9(11-4-5-12(18-11)13(15)16)14-7-6-10-3-2-8-17-10/h2-5,8-9,14H,6-7H2,1H3,(H,15,16). The van der Waals surface area contributed by atoms with E-state index < -0.39 is 5.97 Å². The van der Waals surface area contributed by atoms with Crippen molar-refractivity contribution < 1.29 is 18.7 Å². The highest BCUT2D eigenvalue weighted by atomic mass is 16.4. The Morgan fingerprint density at radius 2 is 2.28 bits per heavy atom. The van der Waals surface area contributed by atoms with Crippen molar-refractivity contribution in [3.05, 3.63) is 47.8 Å². The zero-order valence-corrected chi connectivity index (χ0v) is 10.1. The van der Waals surface area contributed by atoms with Crippen LogP contribution < -0.4 is 5.32 Å². The molecule has 2 aromatic heterocycles. The molecule has 2 N–H and O–H groups in total. The van der Waals surface area contributed by atoms with E-state index in [1.165, 1.54) is 6.07 Å². The predicted octanol–water partition coefficient (Wildman–Crippen LogP) is 2.46. The highest BCUT2D eigenvalue weighted by Crippen LogP contribution is 2.16. The van der Waals surface area contributed by atoms with Crippen LogP contribution in [0.25, 0.3) is 0 Å². The minimum atomic E-state index is -1.05. The van der Waals surface area contributed by atoms with Gasteiger partial charge in [-0.3, -0.25) is 0 Å². The van der Waals surface area contributed by atoms with Gasteiger partial charge in [-0.15, -0.1) is 0 Å². The van der Waals surface area contributed by atoms with Crippen molar-refractivity contribution in [1.29, 1.82) is 0 Å². The first-order valence-corrected chi connectivity index (χ1v) is 5.75. The molecule has 0 aromatic carbocycles. The van der Waals surface area contributed by atoms with Crippen molar-refractivity contribution in [1.82, 2.24) is 5.32 Å². The molecule has 96 valence electrons. The lowest BCUT2D eigenvalue weighted by molar-refractivity contribution is 0.0659. The molecule has 2 rings (SSSR count). The lowest BCUT2D eigenvalue weighted by Crippen LogP contribution is -2.20. The van der Waals surface area contributed by atoms with Crippen molar-refractivity contribution in [3.63, 3.8) is 0 Å². The molecule has 0 fully saturated rings. The van der Waals surface area contributed by atoms with Crippen LogP contribution in [-0.2, 0) is 6.42 Å². The summed E-state index contributed by atoms with van der Waals surface area (Å²) in [5.74, 6) is 0.445. The van der Waals surface area contributed by atoms with E-state index in [9.17, 15) is 4.79 Å². The van der Waals surface area contributed by atoms with Crippen LogP contribution in [0.2, 0.25) is 0 Å². The van der Waals surface area contributed by atoms with Gasteiger partial charge in [-0.2, -0.15) is 0 Å². The lowest BCUT2D eigenvalue weighted by atomic mass is 10.2. The van der Waals surface area contributed by atoms with Gasteiger partial charge in [-0.1, -0.05) is 0 Å². The minimum absolute atomic E-state index is 0.0342. The van der Waals surface area contributed by atoms with Gasteiger partial charge in [-0.05, 0) is 31.2 Å². The van der Waals surface area contributed by atoms with Gasteiger partial charge in [0, 0.05) is 13.0 Å². The number of carboxylic acids is 1. The third kappa shape index (κ3) is 3.01. The molecule has 5 heteroatoms. The van der Waals surface area contributed by atoms with E-state index in [4.69, 9.17) is 13.9 Å². The number of carboxylic acid groups (broad SMARTS) is 1. The number of aromatic carboxylic acids is 1. The number of furan rings is 2. The third-order valence-corrected chi connectivity index (χ3v) is 2.67. The third-order valence-electron chi connectivity index (χ3n) is 2.67. The van der Waals surface area contributed by atoms with Crippen molar-refractivity contribution in [2.75, 3.05) is 6.54 Å². The zero-order chi connectivity index (χ0) is 13.0. The van der Waals surface area contributed by atoms with Gasteiger partial charge >= 0.3 is 5.97 Å². The van der Waals surface area contributed by atoms with Gasteiger partial charge < -0.3 is 19.3 Å². The molecule has 5 nitrogen and oxygen atoms in total. The van der Waals surface area contributed by atoms with Crippen molar-refractivity contribution in [2.24, 2.45) is 0 Å². The molecule has 0 radical (unpaired) electrons. The quantitative estimate of drug-likeness (QED) is 0.822. The van der Waals surface area contributed by atoms with Gasteiger partial charge in [0.15, 0.2) is 0 Å². The molecular weight excluding hydrogens is 234 g/mol. The van der Waals surface area contributed by atoms with Crippen LogP contribution in [0.15, 0.2) is 39.4 Å². The molecule has 2 aromatic rings. The van der Waals surface area contributed by atoms with Crippen molar-refractivity contribution >= 4 is 5.97 Å². The summed E-state index contributed by atoms with van der Waals surface area (Å²) < 4.78 is 10.4. The molecule has 0 saturated carbocycles. The topological polar surface area (TPSA) is 75.6 Å². The highest BCUT2D eigenvalue weighted by Gasteiger charge is 2.13. The molecular formula is C13H15NO4. The Labute approximate surface area is 104 Å². The van der Waals surface area contributed by atoms with Crippen LogP contribution in [0.3, 0.4) is 0 Å². The first kappa shape index (κ1) is 12.4. The summed E-state index contributed by atoms with van der Waals surface area (Å²) in [6.45, 7) is 2.66. The SMILES string of the molecule is CC(NCCc1ccco1)c1ccc(C(=O)O)o1.